The minimum atomic E-state index is -1.18. The predicted octanol–water partition coefficient (Wildman–Crippen LogP) is 9.42. The van der Waals surface area contributed by atoms with Crippen molar-refractivity contribution in [1.82, 2.24) is 0 Å². The van der Waals surface area contributed by atoms with E-state index in [1.807, 2.05) is 31.2 Å². The van der Waals surface area contributed by atoms with Gasteiger partial charge in [-0.2, -0.15) is 0 Å². The van der Waals surface area contributed by atoms with Crippen molar-refractivity contribution in [3.8, 4) is 11.5 Å². The second-order valence-corrected chi connectivity index (χ2v) is 16.5. The Morgan fingerprint density at radius 1 is 0.512 bits per heavy atom. The molecule has 1 amide bonds. The van der Waals surface area contributed by atoms with E-state index >= 15 is 0 Å². The van der Waals surface area contributed by atoms with E-state index in [2.05, 4.69) is 83.1 Å². The third-order valence-corrected chi connectivity index (χ3v) is 8.60. The normalized spacial score (nSPS) is 15.2. The number of carbonyl (C=O) groups is 1. The lowest BCUT2D eigenvalue weighted by Crippen LogP contribution is -2.40. The van der Waals surface area contributed by atoms with E-state index in [1.165, 1.54) is 38.5 Å². The van der Waals surface area contributed by atoms with Crippen LogP contribution in [0.5, 0.6) is 11.5 Å². The molecule has 4 N–H and O–H groups in total. The predicted molar refractivity (Wildman–Crippen MR) is 174 cm³/mol. The maximum Gasteiger partial charge on any atom is 0.232 e. The lowest BCUT2D eigenvalue weighted by atomic mass is 9.68. The zero-order valence-electron chi connectivity index (χ0n) is 28.4. The zero-order chi connectivity index (χ0) is 31.8. The number of phenols is 2. The topological polar surface area (TPSA) is 83.6 Å². The molecule has 0 spiro atoms. The molecule has 1 aliphatic carbocycles. The summed E-state index contributed by atoms with van der Waals surface area (Å²) in [6.07, 6.45) is 9.00. The Bertz CT molecular complexity index is 1060. The molecule has 0 radical (unpaired) electrons. The molecule has 0 heterocycles. The molecule has 1 aliphatic rings. The number of rotatable bonds is 3. The van der Waals surface area contributed by atoms with Gasteiger partial charge in [-0.25, -0.2) is 0 Å². The molecule has 3 rings (SSSR count). The fraction of sp³-hybridized carbons (Fsp3) is 0.649. The molecular formula is C37H59NO3. The molecule has 0 aliphatic heterocycles. The second-order valence-electron chi connectivity index (χ2n) is 16.5. The average molecular weight is 566 g/mol. The number of phenolic OH excluding ortho intramolecular Hbond substituents is 2. The first-order valence-electron chi connectivity index (χ1n) is 15.5. The molecule has 0 atom stereocenters. The maximum atomic E-state index is 13.3. The van der Waals surface area contributed by atoms with Crippen molar-refractivity contribution in [2.24, 2.45) is 5.73 Å². The number of amides is 1. The van der Waals surface area contributed by atoms with Gasteiger partial charge in [0, 0.05) is 0 Å². The van der Waals surface area contributed by atoms with Gasteiger partial charge in [0.15, 0.2) is 0 Å². The summed E-state index contributed by atoms with van der Waals surface area (Å²) >= 11 is 0. The number of nitrogens with two attached hydrogens (primary N) is 1. The summed E-state index contributed by atoms with van der Waals surface area (Å²) in [5.41, 5.74) is 8.20. The first-order valence-corrected chi connectivity index (χ1v) is 15.5. The number of carbonyl (C=O) groups excluding carboxylic acids is 1. The van der Waals surface area contributed by atoms with Gasteiger partial charge < -0.3 is 15.9 Å². The minimum absolute atomic E-state index is 0.261. The van der Waals surface area contributed by atoms with Crippen molar-refractivity contribution in [2.75, 3.05) is 0 Å². The van der Waals surface area contributed by atoms with Crippen LogP contribution in [0.15, 0.2) is 24.3 Å². The average Bonchev–Trinajstić information content (AvgIpc) is 2.82. The monoisotopic (exact) mass is 565 g/mol. The third kappa shape index (κ3) is 7.87. The summed E-state index contributed by atoms with van der Waals surface area (Å²) in [4.78, 5) is 13.3. The standard InChI is InChI=1S/C31H47NO3.C6H12/c1-27(2,3)20-14-18(15-21(24(20)33)28(4,5)6)31(13,26(32)35)19-16-22(29(7,8)9)25(34)23(17-19)30(10,11)12;1-2-4-6-5-3-1/h14-17,33-34H,1-13H3,(H2,32,35);1-6H2. The quantitative estimate of drug-likeness (QED) is 0.346. The Balaban J connectivity index is 0.000000864. The van der Waals surface area contributed by atoms with E-state index in [-0.39, 0.29) is 33.2 Å². The zero-order valence-corrected chi connectivity index (χ0v) is 28.4. The fourth-order valence-electron chi connectivity index (χ4n) is 5.64. The van der Waals surface area contributed by atoms with Gasteiger partial charge in [-0.1, -0.05) is 146 Å². The van der Waals surface area contributed by atoms with Crippen LogP contribution in [0.3, 0.4) is 0 Å². The van der Waals surface area contributed by atoms with Crippen LogP contribution in [0.2, 0.25) is 0 Å². The lowest BCUT2D eigenvalue weighted by molar-refractivity contribution is -0.121. The number of benzene rings is 2. The van der Waals surface area contributed by atoms with Gasteiger partial charge in [0.2, 0.25) is 5.91 Å². The SMILES string of the molecule is C1CCCCC1.CC(C)(C)c1cc(C(C)(C(N)=O)c2cc(C(C)(C)C)c(O)c(C(C)(C)C)c2)cc(C(C)(C)C)c1O. The highest BCUT2D eigenvalue weighted by molar-refractivity contribution is 5.91. The molecule has 0 unspecified atom stereocenters. The largest absolute Gasteiger partial charge is 0.507 e. The highest BCUT2D eigenvalue weighted by Gasteiger charge is 2.41. The van der Waals surface area contributed by atoms with Crippen LogP contribution in [-0.4, -0.2) is 16.1 Å². The highest BCUT2D eigenvalue weighted by Crippen LogP contribution is 2.47. The van der Waals surface area contributed by atoms with Gasteiger partial charge in [-0.15, -0.1) is 0 Å². The molecule has 0 aromatic heterocycles. The number of primary amides is 1. The van der Waals surface area contributed by atoms with Gasteiger partial charge in [0.1, 0.15) is 11.5 Å². The second kappa shape index (κ2) is 12.0. The first kappa shape index (κ1) is 34.7. The van der Waals surface area contributed by atoms with Crippen LogP contribution in [0.25, 0.3) is 0 Å². The Morgan fingerprint density at radius 3 is 0.854 bits per heavy atom. The molecule has 0 bridgehead atoms. The molecule has 2 aromatic rings. The summed E-state index contributed by atoms with van der Waals surface area (Å²) in [7, 11) is 0. The lowest BCUT2D eigenvalue weighted by Gasteiger charge is -2.35. The van der Waals surface area contributed by atoms with Crippen LogP contribution in [0.4, 0.5) is 0 Å². The Morgan fingerprint density at radius 2 is 0.707 bits per heavy atom. The Kier molecular flexibility index (Phi) is 10.2. The van der Waals surface area contributed by atoms with E-state index in [4.69, 9.17) is 5.73 Å². The molecule has 4 heteroatoms. The number of hydrogen-bond acceptors (Lipinski definition) is 3. The van der Waals surface area contributed by atoms with Gasteiger partial charge in [-0.3, -0.25) is 4.79 Å². The van der Waals surface area contributed by atoms with Crippen LogP contribution in [-0.2, 0) is 31.9 Å². The summed E-state index contributed by atoms with van der Waals surface area (Å²) in [5.74, 6) is 0.0439. The van der Waals surface area contributed by atoms with Gasteiger partial charge in [-0.05, 0) is 62.0 Å². The third-order valence-electron chi connectivity index (χ3n) is 8.60. The summed E-state index contributed by atoms with van der Waals surface area (Å²) in [5, 5.41) is 22.5. The van der Waals surface area contributed by atoms with E-state index < -0.39 is 11.3 Å². The summed E-state index contributed by atoms with van der Waals surface area (Å²) in [6, 6.07) is 7.71. The van der Waals surface area contributed by atoms with Gasteiger partial charge in [0.05, 0.1) is 5.41 Å². The number of aromatic hydroxyl groups is 2. The molecular weight excluding hydrogens is 506 g/mol. The van der Waals surface area contributed by atoms with Crippen molar-refractivity contribution in [2.45, 2.75) is 156 Å². The first-order chi connectivity index (χ1) is 18.4. The van der Waals surface area contributed by atoms with Crippen LogP contribution < -0.4 is 5.73 Å². The summed E-state index contributed by atoms with van der Waals surface area (Å²) in [6.45, 7) is 26.5. The van der Waals surface area contributed by atoms with E-state index in [0.29, 0.717) is 0 Å². The molecule has 41 heavy (non-hydrogen) atoms. The van der Waals surface area contributed by atoms with Crippen molar-refractivity contribution in [1.29, 1.82) is 0 Å². The molecule has 0 saturated heterocycles. The molecule has 1 saturated carbocycles. The van der Waals surface area contributed by atoms with Crippen molar-refractivity contribution >= 4 is 5.91 Å². The molecule has 1 fully saturated rings. The highest BCUT2D eigenvalue weighted by atomic mass is 16.3. The maximum absolute atomic E-state index is 13.3. The van der Waals surface area contributed by atoms with Crippen molar-refractivity contribution < 1.29 is 15.0 Å². The summed E-state index contributed by atoms with van der Waals surface area (Å²) < 4.78 is 0. The minimum Gasteiger partial charge on any atom is -0.507 e. The smallest absolute Gasteiger partial charge is 0.232 e. The van der Waals surface area contributed by atoms with Crippen LogP contribution in [0.1, 0.15) is 162 Å². The van der Waals surface area contributed by atoms with Crippen molar-refractivity contribution in [3.05, 3.63) is 57.6 Å². The molecule has 2 aromatic carbocycles. The van der Waals surface area contributed by atoms with Crippen LogP contribution >= 0.6 is 0 Å². The Hall–Kier alpha value is -2.49. The van der Waals surface area contributed by atoms with E-state index in [9.17, 15) is 15.0 Å². The van der Waals surface area contributed by atoms with Gasteiger partial charge >= 0.3 is 0 Å². The van der Waals surface area contributed by atoms with Crippen LogP contribution in [0, 0.1) is 0 Å². The fourth-order valence-corrected chi connectivity index (χ4v) is 5.64. The van der Waals surface area contributed by atoms with Crippen molar-refractivity contribution in [3.63, 3.8) is 0 Å². The number of hydrogen-bond donors (Lipinski definition) is 3. The van der Waals surface area contributed by atoms with E-state index in [1.54, 1.807) is 0 Å². The van der Waals surface area contributed by atoms with E-state index in [0.717, 1.165) is 33.4 Å². The molecule has 4 nitrogen and oxygen atoms in total. The molecule has 230 valence electrons. The van der Waals surface area contributed by atoms with Gasteiger partial charge in [0.25, 0.3) is 0 Å². The Labute approximate surface area is 251 Å².